The third kappa shape index (κ3) is 3.41. The van der Waals surface area contributed by atoms with Crippen LogP contribution in [0.2, 0.25) is 0 Å². The molecule has 2 N–H and O–H groups in total. The van der Waals surface area contributed by atoms with Gasteiger partial charge in [0.25, 0.3) is 0 Å². The number of carbonyl (C=O) groups excluding carboxylic acids is 1. The van der Waals surface area contributed by atoms with Crippen LogP contribution in [0, 0.1) is 0 Å². The molecule has 0 heterocycles. The summed E-state index contributed by atoms with van der Waals surface area (Å²) in [6.45, 7) is 0. The lowest BCUT2D eigenvalue weighted by Crippen LogP contribution is -2.18. The highest BCUT2D eigenvalue weighted by molar-refractivity contribution is 7.73. The van der Waals surface area contributed by atoms with Gasteiger partial charge in [-0.2, -0.15) is 0 Å². The Morgan fingerprint density at radius 3 is 1.72 bits per heavy atom. The van der Waals surface area contributed by atoms with Crippen molar-refractivity contribution < 1.29 is 4.79 Å². The van der Waals surface area contributed by atoms with Gasteiger partial charge in [-0.3, -0.25) is 4.79 Å². The highest BCUT2D eigenvalue weighted by Gasteiger charge is 2.13. The van der Waals surface area contributed by atoms with Crippen LogP contribution in [0.15, 0.2) is 60.7 Å². The Hall–Kier alpha value is -1.66. The molecule has 2 aromatic rings. The predicted octanol–water partition coefficient (Wildman–Crippen LogP) is 1.99. The van der Waals surface area contributed by atoms with Crippen LogP contribution < -0.4 is 16.3 Å². The third-order valence-corrected chi connectivity index (χ3v) is 5.23. The number of carbonyl (C=O) groups is 1. The van der Waals surface area contributed by atoms with E-state index in [1.165, 1.54) is 10.6 Å². The van der Waals surface area contributed by atoms with E-state index in [0.29, 0.717) is 6.42 Å². The zero-order valence-corrected chi connectivity index (χ0v) is 11.0. The van der Waals surface area contributed by atoms with Crippen LogP contribution in [-0.4, -0.2) is 12.1 Å². The summed E-state index contributed by atoms with van der Waals surface area (Å²) < 4.78 is 0. The summed E-state index contributed by atoms with van der Waals surface area (Å²) in [5.74, 6) is -0.227. The summed E-state index contributed by atoms with van der Waals surface area (Å²) in [6.07, 6.45) is 1.26. The summed E-state index contributed by atoms with van der Waals surface area (Å²) in [4.78, 5) is 11.0. The van der Waals surface area contributed by atoms with E-state index in [9.17, 15) is 4.79 Å². The molecule has 0 bridgehead atoms. The molecule has 1 amide bonds. The lowest BCUT2D eigenvalue weighted by molar-refractivity contribution is -0.117. The Balaban J connectivity index is 2.26. The average molecular weight is 257 g/mol. The SMILES string of the molecule is NC(=O)CCP(c1ccccc1)c1ccccc1. The van der Waals surface area contributed by atoms with Gasteiger partial charge in [0.2, 0.25) is 5.91 Å². The molecule has 0 atom stereocenters. The summed E-state index contributed by atoms with van der Waals surface area (Å²) in [5, 5.41) is 2.58. The molecule has 3 heteroatoms. The normalized spacial score (nSPS) is 10.5. The van der Waals surface area contributed by atoms with Gasteiger partial charge in [-0.1, -0.05) is 60.7 Å². The van der Waals surface area contributed by atoms with Gasteiger partial charge in [-0.05, 0) is 24.7 Å². The van der Waals surface area contributed by atoms with Crippen LogP contribution >= 0.6 is 7.92 Å². The fourth-order valence-electron chi connectivity index (χ4n) is 1.85. The predicted molar refractivity (Wildman–Crippen MR) is 77.8 cm³/mol. The number of hydrogen-bond donors (Lipinski definition) is 1. The Morgan fingerprint density at radius 1 is 0.889 bits per heavy atom. The van der Waals surface area contributed by atoms with E-state index in [-0.39, 0.29) is 5.91 Å². The smallest absolute Gasteiger partial charge is 0.217 e. The fourth-order valence-corrected chi connectivity index (χ4v) is 4.17. The molecule has 0 radical (unpaired) electrons. The van der Waals surface area contributed by atoms with Gasteiger partial charge in [0.05, 0.1) is 0 Å². The van der Waals surface area contributed by atoms with Gasteiger partial charge in [-0.25, -0.2) is 0 Å². The number of nitrogens with two attached hydrogens (primary N) is 1. The van der Waals surface area contributed by atoms with Crippen molar-refractivity contribution in [3.63, 3.8) is 0 Å². The zero-order chi connectivity index (χ0) is 12.8. The van der Waals surface area contributed by atoms with Gasteiger partial charge < -0.3 is 5.73 Å². The maximum absolute atomic E-state index is 11.0. The number of amides is 1. The first kappa shape index (κ1) is 12.8. The van der Waals surface area contributed by atoms with Crippen LogP contribution in [-0.2, 0) is 4.79 Å². The molecule has 2 rings (SSSR count). The van der Waals surface area contributed by atoms with Gasteiger partial charge in [0.1, 0.15) is 0 Å². The molecule has 0 aliphatic carbocycles. The Labute approximate surface area is 109 Å². The Kier molecular flexibility index (Phi) is 4.49. The number of rotatable bonds is 5. The lowest BCUT2D eigenvalue weighted by atomic mass is 10.4. The first-order valence-corrected chi connectivity index (χ1v) is 7.46. The molecule has 18 heavy (non-hydrogen) atoms. The van der Waals surface area contributed by atoms with Gasteiger partial charge in [0, 0.05) is 6.42 Å². The highest BCUT2D eigenvalue weighted by Crippen LogP contribution is 2.33. The van der Waals surface area contributed by atoms with Crippen LogP contribution in [0.3, 0.4) is 0 Å². The van der Waals surface area contributed by atoms with Crippen molar-refractivity contribution in [1.82, 2.24) is 0 Å². The first-order chi connectivity index (χ1) is 8.77. The zero-order valence-electron chi connectivity index (χ0n) is 10.1. The quantitative estimate of drug-likeness (QED) is 0.818. The fraction of sp³-hybridized carbons (Fsp3) is 0.133. The number of primary amides is 1. The molecule has 0 aliphatic heterocycles. The van der Waals surface area contributed by atoms with Crippen LogP contribution in [0.4, 0.5) is 0 Å². The van der Waals surface area contributed by atoms with E-state index < -0.39 is 7.92 Å². The minimum atomic E-state index is -0.484. The van der Waals surface area contributed by atoms with Crippen LogP contribution in [0.5, 0.6) is 0 Å². The van der Waals surface area contributed by atoms with E-state index in [4.69, 9.17) is 5.73 Å². The largest absolute Gasteiger partial charge is 0.370 e. The van der Waals surface area contributed by atoms with Gasteiger partial charge in [-0.15, -0.1) is 0 Å². The van der Waals surface area contributed by atoms with Crippen molar-refractivity contribution in [2.75, 3.05) is 6.16 Å². The van der Waals surface area contributed by atoms with Crippen LogP contribution in [0.25, 0.3) is 0 Å². The maximum Gasteiger partial charge on any atom is 0.217 e. The minimum Gasteiger partial charge on any atom is -0.370 e. The number of hydrogen-bond acceptors (Lipinski definition) is 1. The molecule has 0 spiro atoms. The average Bonchev–Trinajstić information content (AvgIpc) is 2.41. The second-order valence-corrected chi connectivity index (χ2v) is 6.38. The summed E-state index contributed by atoms with van der Waals surface area (Å²) in [5.41, 5.74) is 5.27. The summed E-state index contributed by atoms with van der Waals surface area (Å²) in [7, 11) is -0.484. The van der Waals surface area contributed by atoms with Crippen LogP contribution in [0.1, 0.15) is 6.42 Å². The van der Waals surface area contributed by atoms with Crippen molar-refractivity contribution in [1.29, 1.82) is 0 Å². The number of benzene rings is 2. The van der Waals surface area contributed by atoms with E-state index in [1.54, 1.807) is 0 Å². The molecule has 0 aliphatic rings. The molecule has 2 nitrogen and oxygen atoms in total. The molecular weight excluding hydrogens is 241 g/mol. The molecule has 2 aromatic carbocycles. The lowest BCUT2D eigenvalue weighted by Gasteiger charge is -2.17. The topological polar surface area (TPSA) is 43.1 Å². The molecule has 0 saturated heterocycles. The van der Waals surface area contributed by atoms with E-state index in [0.717, 1.165) is 6.16 Å². The Bertz CT molecular complexity index is 459. The molecular formula is C15H16NOP. The third-order valence-electron chi connectivity index (χ3n) is 2.72. The van der Waals surface area contributed by atoms with E-state index in [1.807, 2.05) is 36.4 Å². The molecule has 92 valence electrons. The maximum atomic E-state index is 11.0. The molecule has 0 unspecified atom stereocenters. The first-order valence-electron chi connectivity index (χ1n) is 5.93. The van der Waals surface area contributed by atoms with Crippen molar-refractivity contribution in [2.45, 2.75) is 6.42 Å². The van der Waals surface area contributed by atoms with Crippen molar-refractivity contribution in [3.8, 4) is 0 Å². The molecule has 0 aromatic heterocycles. The van der Waals surface area contributed by atoms with Crippen molar-refractivity contribution >= 4 is 24.4 Å². The van der Waals surface area contributed by atoms with Crippen molar-refractivity contribution in [3.05, 3.63) is 60.7 Å². The molecule has 0 saturated carbocycles. The van der Waals surface area contributed by atoms with E-state index >= 15 is 0 Å². The standard InChI is InChI=1S/C15H16NOP/c16-15(17)11-12-18(13-7-3-1-4-8-13)14-9-5-2-6-10-14/h1-10H,11-12H2,(H2,16,17). The second-order valence-electron chi connectivity index (χ2n) is 4.04. The van der Waals surface area contributed by atoms with Crippen molar-refractivity contribution in [2.24, 2.45) is 5.73 Å². The minimum absolute atomic E-state index is 0.227. The monoisotopic (exact) mass is 257 g/mol. The van der Waals surface area contributed by atoms with Gasteiger partial charge >= 0.3 is 0 Å². The summed E-state index contributed by atoms with van der Waals surface area (Å²) in [6, 6.07) is 20.7. The Morgan fingerprint density at radius 2 is 1.33 bits per heavy atom. The molecule has 0 fully saturated rings. The highest BCUT2D eigenvalue weighted by atomic mass is 31.1. The van der Waals surface area contributed by atoms with E-state index in [2.05, 4.69) is 24.3 Å². The second kappa shape index (κ2) is 6.32. The van der Waals surface area contributed by atoms with Gasteiger partial charge in [0.15, 0.2) is 0 Å². The summed E-state index contributed by atoms with van der Waals surface area (Å²) >= 11 is 0.